The van der Waals surface area contributed by atoms with E-state index in [1.54, 1.807) is 0 Å². The molecule has 3 heteroatoms. The molecular weight excluding hydrogens is 190 g/mol. The first kappa shape index (κ1) is 14.4. The predicted octanol–water partition coefficient (Wildman–Crippen LogP) is 2.35. The van der Waals surface area contributed by atoms with Crippen LogP contribution in [-0.2, 0) is 9.53 Å². The first-order valence-corrected chi connectivity index (χ1v) is 5.87. The van der Waals surface area contributed by atoms with Crippen LogP contribution in [0, 0.1) is 5.92 Å². The summed E-state index contributed by atoms with van der Waals surface area (Å²) in [5, 5.41) is 3.40. The van der Waals surface area contributed by atoms with Crippen LogP contribution in [0.1, 0.15) is 47.5 Å². The van der Waals surface area contributed by atoms with Gasteiger partial charge in [-0.05, 0) is 33.1 Å². The van der Waals surface area contributed by atoms with Gasteiger partial charge in [-0.2, -0.15) is 0 Å². The first-order chi connectivity index (χ1) is 6.95. The number of hydrogen-bond acceptors (Lipinski definition) is 3. The van der Waals surface area contributed by atoms with Crippen LogP contribution in [-0.4, -0.2) is 24.7 Å². The van der Waals surface area contributed by atoms with Gasteiger partial charge in [-0.25, -0.2) is 0 Å². The molecule has 0 bridgehead atoms. The molecular formula is C12H25NO2. The molecule has 0 aromatic carbocycles. The van der Waals surface area contributed by atoms with Crippen LogP contribution in [0.4, 0.5) is 0 Å². The Bertz CT molecular complexity index is 180. The van der Waals surface area contributed by atoms with Crippen molar-refractivity contribution in [2.45, 2.75) is 59.5 Å². The fourth-order valence-corrected chi connectivity index (χ4v) is 1.79. The summed E-state index contributed by atoms with van der Waals surface area (Å²) in [6, 6.07) is 0.646. The fourth-order valence-electron chi connectivity index (χ4n) is 1.79. The lowest BCUT2D eigenvalue weighted by Gasteiger charge is -2.20. The summed E-state index contributed by atoms with van der Waals surface area (Å²) in [6.45, 7) is 10.9. The highest BCUT2D eigenvalue weighted by Crippen LogP contribution is 2.05. The highest BCUT2D eigenvalue weighted by atomic mass is 16.5. The van der Waals surface area contributed by atoms with Crippen LogP contribution in [0.15, 0.2) is 0 Å². The van der Waals surface area contributed by atoms with Crippen LogP contribution in [0.25, 0.3) is 0 Å². The molecule has 1 N–H and O–H groups in total. The van der Waals surface area contributed by atoms with Crippen molar-refractivity contribution in [2.24, 2.45) is 5.92 Å². The lowest BCUT2D eigenvalue weighted by Crippen LogP contribution is -2.37. The molecule has 0 rings (SSSR count). The van der Waals surface area contributed by atoms with Gasteiger partial charge in [0.05, 0.1) is 13.0 Å². The van der Waals surface area contributed by atoms with Gasteiger partial charge in [0.2, 0.25) is 0 Å². The van der Waals surface area contributed by atoms with E-state index in [1.165, 1.54) is 0 Å². The van der Waals surface area contributed by atoms with Crippen molar-refractivity contribution in [3.63, 3.8) is 0 Å². The quantitative estimate of drug-likeness (QED) is 0.662. The van der Waals surface area contributed by atoms with E-state index in [0.29, 0.717) is 25.0 Å². The molecule has 90 valence electrons. The van der Waals surface area contributed by atoms with E-state index in [-0.39, 0.29) is 12.0 Å². The van der Waals surface area contributed by atoms with Gasteiger partial charge in [0.15, 0.2) is 0 Å². The molecule has 0 spiro atoms. The van der Waals surface area contributed by atoms with Crippen molar-refractivity contribution in [3.05, 3.63) is 0 Å². The summed E-state index contributed by atoms with van der Waals surface area (Å²) >= 11 is 0. The highest BCUT2D eigenvalue weighted by Gasteiger charge is 2.12. The number of nitrogens with one attached hydrogen (secondary N) is 1. The maximum Gasteiger partial charge on any atom is 0.307 e. The van der Waals surface area contributed by atoms with Gasteiger partial charge >= 0.3 is 5.97 Å². The molecule has 0 aliphatic rings. The monoisotopic (exact) mass is 215 g/mol. The maximum atomic E-state index is 11.2. The molecule has 0 heterocycles. The average Bonchev–Trinajstić information content (AvgIpc) is 2.00. The lowest BCUT2D eigenvalue weighted by molar-refractivity contribution is -0.143. The molecule has 0 aliphatic carbocycles. The first-order valence-electron chi connectivity index (χ1n) is 5.87. The maximum absolute atomic E-state index is 11.2. The van der Waals surface area contributed by atoms with Crippen LogP contribution in [0.3, 0.4) is 0 Å². The molecule has 2 atom stereocenters. The lowest BCUT2D eigenvalue weighted by atomic mass is 10.0. The van der Waals surface area contributed by atoms with Gasteiger partial charge in [0.1, 0.15) is 0 Å². The van der Waals surface area contributed by atoms with Gasteiger partial charge in [-0.1, -0.05) is 13.8 Å². The predicted molar refractivity (Wildman–Crippen MR) is 62.8 cm³/mol. The molecule has 0 amide bonds. The number of rotatable bonds is 7. The average molecular weight is 215 g/mol. The summed E-state index contributed by atoms with van der Waals surface area (Å²) < 4.78 is 4.90. The zero-order valence-corrected chi connectivity index (χ0v) is 10.7. The van der Waals surface area contributed by atoms with Crippen molar-refractivity contribution in [1.82, 2.24) is 5.32 Å². The molecule has 0 aliphatic heterocycles. The van der Waals surface area contributed by atoms with E-state index in [4.69, 9.17) is 4.74 Å². The molecule has 15 heavy (non-hydrogen) atoms. The van der Waals surface area contributed by atoms with E-state index in [2.05, 4.69) is 26.1 Å². The smallest absolute Gasteiger partial charge is 0.307 e. The van der Waals surface area contributed by atoms with Crippen LogP contribution in [0.5, 0.6) is 0 Å². The number of esters is 1. The minimum Gasteiger partial charge on any atom is -0.466 e. The van der Waals surface area contributed by atoms with E-state index in [9.17, 15) is 4.79 Å². The normalized spacial score (nSPS) is 15.1. The van der Waals surface area contributed by atoms with E-state index in [1.807, 2.05) is 13.8 Å². The zero-order chi connectivity index (χ0) is 11.8. The summed E-state index contributed by atoms with van der Waals surface area (Å²) in [7, 11) is 0. The van der Waals surface area contributed by atoms with E-state index in [0.717, 1.165) is 6.42 Å². The highest BCUT2D eigenvalue weighted by molar-refractivity contribution is 5.69. The van der Waals surface area contributed by atoms with Gasteiger partial charge in [0.25, 0.3) is 0 Å². The molecule has 3 nitrogen and oxygen atoms in total. The van der Waals surface area contributed by atoms with Crippen LogP contribution >= 0.6 is 0 Å². The van der Waals surface area contributed by atoms with Crippen LogP contribution < -0.4 is 5.32 Å². The van der Waals surface area contributed by atoms with Crippen molar-refractivity contribution in [3.8, 4) is 0 Å². The Morgan fingerprint density at radius 1 is 1.20 bits per heavy atom. The SMILES string of the molecule is CCOC(=O)CC(C)NC(C)CC(C)C. The van der Waals surface area contributed by atoms with Gasteiger partial charge in [0, 0.05) is 12.1 Å². The number of carbonyl (C=O) groups is 1. The standard InChI is InChI=1S/C12H25NO2/c1-6-15-12(14)8-11(5)13-10(4)7-9(2)3/h9-11,13H,6-8H2,1-5H3. The Balaban J connectivity index is 3.72. The molecule has 0 aromatic rings. The molecule has 0 fully saturated rings. The number of carbonyl (C=O) groups excluding carboxylic acids is 1. The van der Waals surface area contributed by atoms with Crippen molar-refractivity contribution in [2.75, 3.05) is 6.61 Å². The second kappa shape index (κ2) is 7.69. The molecule has 0 aromatic heterocycles. The molecule has 0 saturated heterocycles. The topological polar surface area (TPSA) is 38.3 Å². The second-order valence-corrected chi connectivity index (χ2v) is 4.61. The third kappa shape index (κ3) is 8.43. The van der Waals surface area contributed by atoms with Gasteiger partial charge < -0.3 is 10.1 Å². The van der Waals surface area contributed by atoms with Gasteiger partial charge in [-0.15, -0.1) is 0 Å². The summed E-state index contributed by atoms with van der Waals surface area (Å²) in [4.78, 5) is 11.2. The Morgan fingerprint density at radius 2 is 1.80 bits per heavy atom. The third-order valence-electron chi connectivity index (χ3n) is 2.17. The number of ether oxygens (including phenoxy) is 1. The largest absolute Gasteiger partial charge is 0.466 e. The van der Waals surface area contributed by atoms with Crippen LogP contribution in [0.2, 0.25) is 0 Å². The summed E-state index contributed by atoms with van der Waals surface area (Å²) in [6.07, 6.45) is 1.59. The third-order valence-corrected chi connectivity index (χ3v) is 2.17. The second-order valence-electron chi connectivity index (χ2n) is 4.61. The minimum atomic E-state index is -0.116. The molecule has 0 saturated carbocycles. The molecule has 0 radical (unpaired) electrons. The Morgan fingerprint density at radius 3 is 2.27 bits per heavy atom. The Hall–Kier alpha value is -0.570. The van der Waals surface area contributed by atoms with Crippen molar-refractivity contribution in [1.29, 1.82) is 0 Å². The Kier molecular flexibility index (Phi) is 7.39. The summed E-state index contributed by atoms with van der Waals surface area (Å²) in [5.41, 5.74) is 0. The fraction of sp³-hybridized carbons (Fsp3) is 0.917. The van der Waals surface area contributed by atoms with Crippen molar-refractivity contribution >= 4 is 5.97 Å². The molecule has 2 unspecified atom stereocenters. The minimum absolute atomic E-state index is 0.116. The van der Waals surface area contributed by atoms with Gasteiger partial charge in [-0.3, -0.25) is 4.79 Å². The van der Waals surface area contributed by atoms with E-state index >= 15 is 0 Å². The summed E-state index contributed by atoms with van der Waals surface area (Å²) in [5.74, 6) is 0.566. The van der Waals surface area contributed by atoms with E-state index < -0.39 is 0 Å². The Labute approximate surface area is 93.6 Å². The number of hydrogen-bond donors (Lipinski definition) is 1. The zero-order valence-electron chi connectivity index (χ0n) is 10.7. The van der Waals surface area contributed by atoms with Crippen molar-refractivity contribution < 1.29 is 9.53 Å².